The van der Waals surface area contributed by atoms with E-state index in [2.05, 4.69) is 22.0 Å². The Bertz CT molecular complexity index is 500. The third-order valence-electron chi connectivity index (χ3n) is 7.26. The van der Waals surface area contributed by atoms with Crippen molar-refractivity contribution in [3.05, 3.63) is 0 Å². The molecule has 2 saturated heterocycles. The molecule has 182 valence electrons. The highest BCUT2D eigenvalue weighted by atomic mass is 127. The Morgan fingerprint density at radius 3 is 2.29 bits per heavy atom. The fourth-order valence-electron chi connectivity index (χ4n) is 5.49. The maximum Gasteiger partial charge on any atom is 0.193 e. The lowest BCUT2D eigenvalue weighted by atomic mass is 9.79. The smallest absolute Gasteiger partial charge is 0.193 e. The fourth-order valence-corrected chi connectivity index (χ4v) is 5.49. The van der Waals surface area contributed by atoms with E-state index < -0.39 is 0 Å². The second-order valence-electron chi connectivity index (χ2n) is 9.41. The molecule has 1 N–H and O–H groups in total. The monoisotopic (exact) mass is 550 g/mol. The number of methoxy groups -OCH3 is 1. The van der Waals surface area contributed by atoms with Crippen LogP contribution in [0.15, 0.2) is 4.99 Å². The summed E-state index contributed by atoms with van der Waals surface area (Å²) in [6.45, 7) is 10.3. The lowest BCUT2D eigenvalue weighted by Crippen LogP contribution is -2.55. The summed E-state index contributed by atoms with van der Waals surface area (Å²) in [5.74, 6) is 1.12. The van der Waals surface area contributed by atoms with Gasteiger partial charge < -0.3 is 19.7 Å². The summed E-state index contributed by atoms with van der Waals surface area (Å²) < 4.78 is 11.2. The quantitative estimate of drug-likeness (QED) is 0.201. The molecule has 6 nitrogen and oxygen atoms in total. The molecule has 0 atom stereocenters. The van der Waals surface area contributed by atoms with Crippen LogP contribution < -0.4 is 5.32 Å². The number of ether oxygens (including phenoxy) is 2. The molecule has 1 saturated carbocycles. The Kier molecular flexibility index (Phi) is 13.0. The third-order valence-corrected chi connectivity index (χ3v) is 7.26. The van der Waals surface area contributed by atoms with E-state index in [0.717, 1.165) is 64.6 Å². The molecule has 3 aliphatic rings. The van der Waals surface area contributed by atoms with E-state index in [9.17, 15) is 0 Å². The van der Waals surface area contributed by atoms with Crippen LogP contribution in [0.3, 0.4) is 0 Å². The van der Waals surface area contributed by atoms with E-state index in [1.807, 2.05) is 0 Å². The number of hydrogen-bond donors (Lipinski definition) is 1. The summed E-state index contributed by atoms with van der Waals surface area (Å²) in [7, 11) is 1.75. The normalized spacial score (nSPS) is 23.4. The first-order valence-electron chi connectivity index (χ1n) is 12.7. The minimum Gasteiger partial charge on any atom is -0.385 e. The number of hydrogen-bond acceptors (Lipinski definition) is 4. The molecule has 0 amide bonds. The Morgan fingerprint density at radius 2 is 1.65 bits per heavy atom. The number of nitrogens with zero attached hydrogens (tertiary/aromatic N) is 3. The molecule has 3 rings (SSSR count). The van der Waals surface area contributed by atoms with Gasteiger partial charge in [0.25, 0.3) is 0 Å². The average Bonchev–Trinajstić information content (AvgIpc) is 2.81. The molecule has 7 heteroatoms. The SMILES string of the molecule is CCNC(=NCC1(N2CCCCC2)CCCCC1)N1CCC(OCCCOC)CC1.I. The Labute approximate surface area is 207 Å². The topological polar surface area (TPSA) is 49.3 Å². The van der Waals surface area contributed by atoms with Crippen molar-refractivity contribution in [2.75, 3.05) is 59.6 Å². The summed E-state index contributed by atoms with van der Waals surface area (Å²) in [5, 5.41) is 3.59. The lowest BCUT2D eigenvalue weighted by molar-refractivity contribution is 0.00966. The Balaban J connectivity index is 0.00000341. The van der Waals surface area contributed by atoms with Crippen molar-refractivity contribution in [3.63, 3.8) is 0 Å². The van der Waals surface area contributed by atoms with Gasteiger partial charge in [-0.05, 0) is 65.0 Å². The van der Waals surface area contributed by atoms with Gasteiger partial charge in [-0.25, -0.2) is 0 Å². The van der Waals surface area contributed by atoms with Crippen LogP contribution >= 0.6 is 24.0 Å². The maximum atomic E-state index is 6.05. The van der Waals surface area contributed by atoms with E-state index in [1.54, 1.807) is 7.11 Å². The van der Waals surface area contributed by atoms with Gasteiger partial charge in [-0.1, -0.05) is 25.7 Å². The van der Waals surface area contributed by atoms with Gasteiger partial charge in [0.05, 0.1) is 12.6 Å². The van der Waals surface area contributed by atoms with Crippen LogP contribution in [0.2, 0.25) is 0 Å². The van der Waals surface area contributed by atoms with E-state index in [4.69, 9.17) is 14.5 Å². The van der Waals surface area contributed by atoms with Crippen molar-refractivity contribution in [1.82, 2.24) is 15.1 Å². The number of piperidine rings is 2. The zero-order valence-electron chi connectivity index (χ0n) is 20.1. The molecule has 31 heavy (non-hydrogen) atoms. The highest BCUT2D eigenvalue weighted by Crippen LogP contribution is 2.36. The highest BCUT2D eigenvalue weighted by Gasteiger charge is 2.38. The highest BCUT2D eigenvalue weighted by molar-refractivity contribution is 14.0. The fraction of sp³-hybridized carbons (Fsp3) is 0.958. The number of rotatable bonds is 9. The van der Waals surface area contributed by atoms with Crippen molar-refractivity contribution in [2.24, 2.45) is 4.99 Å². The van der Waals surface area contributed by atoms with E-state index >= 15 is 0 Å². The third kappa shape index (κ3) is 8.31. The molecule has 2 heterocycles. The van der Waals surface area contributed by atoms with Crippen molar-refractivity contribution in [1.29, 1.82) is 0 Å². The molecule has 1 aliphatic carbocycles. The first-order valence-corrected chi connectivity index (χ1v) is 12.7. The lowest BCUT2D eigenvalue weighted by Gasteiger charge is -2.47. The Hall–Kier alpha value is -0.120. The molecule has 0 aromatic rings. The Morgan fingerprint density at radius 1 is 0.968 bits per heavy atom. The van der Waals surface area contributed by atoms with Gasteiger partial charge in [0.2, 0.25) is 0 Å². The zero-order chi connectivity index (χ0) is 21.1. The van der Waals surface area contributed by atoms with Crippen molar-refractivity contribution in [2.45, 2.75) is 89.2 Å². The van der Waals surface area contributed by atoms with Gasteiger partial charge in [0.15, 0.2) is 5.96 Å². The summed E-state index contributed by atoms with van der Waals surface area (Å²) in [6.07, 6.45) is 14.5. The maximum absolute atomic E-state index is 6.05. The van der Waals surface area contributed by atoms with E-state index in [1.165, 1.54) is 64.5 Å². The molecule has 0 aromatic carbocycles. The number of likely N-dealkylation sites (tertiary alicyclic amines) is 2. The predicted molar refractivity (Wildman–Crippen MR) is 140 cm³/mol. The van der Waals surface area contributed by atoms with E-state index in [0.29, 0.717) is 11.6 Å². The summed E-state index contributed by atoms with van der Waals surface area (Å²) >= 11 is 0. The van der Waals surface area contributed by atoms with Crippen LogP contribution in [0, 0.1) is 0 Å². The summed E-state index contributed by atoms with van der Waals surface area (Å²) in [4.78, 5) is 10.5. The van der Waals surface area contributed by atoms with Gasteiger partial charge in [-0.3, -0.25) is 9.89 Å². The van der Waals surface area contributed by atoms with Crippen LogP contribution in [-0.2, 0) is 9.47 Å². The molecule has 0 bridgehead atoms. The van der Waals surface area contributed by atoms with Crippen LogP contribution in [0.1, 0.15) is 77.6 Å². The average molecular weight is 551 g/mol. The van der Waals surface area contributed by atoms with Gasteiger partial charge in [0.1, 0.15) is 0 Å². The largest absolute Gasteiger partial charge is 0.385 e. The van der Waals surface area contributed by atoms with Crippen molar-refractivity contribution < 1.29 is 9.47 Å². The predicted octanol–water partition coefficient (Wildman–Crippen LogP) is 4.28. The second-order valence-corrected chi connectivity index (χ2v) is 9.41. The molecule has 0 spiro atoms. The van der Waals surface area contributed by atoms with Gasteiger partial charge in [0, 0.05) is 45.5 Å². The van der Waals surface area contributed by atoms with E-state index in [-0.39, 0.29) is 24.0 Å². The van der Waals surface area contributed by atoms with Crippen molar-refractivity contribution in [3.8, 4) is 0 Å². The second kappa shape index (κ2) is 14.9. The molecular formula is C24H47IN4O2. The van der Waals surface area contributed by atoms with Gasteiger partial charge >= 0.3 is 0 Å². The molecule has 0 unspecified atom stereocenters. The number of guanidine groups is 1. The minimum absolute atomic E-state index is 0. The minimum atomic E-state index is 0. The molecule has 0 radical (unpaired) electrons. The van der Waals surface area contributed by atoms with Crippen LogP contribution in [0.25, 0.3) is 0 Å². The first-order chi connectivity index (χ1) is 14.8. The zero-order valence-corrected chi connectivity index (χ0v) is 22.4. The first kappa shape index (κ1) is 27.1. The molecule has 2 aliphatic heterocycles. The standard InChI is InChI=1S/C24H46N4O2.HI/c1-3-25-23(27-17-11-22(12-18-27)30-20-10-19-29-2)26-21-24(13-6-4-7-14-24)28-15-8-5-9-16-28;/h22H,3-21H2,1-2H3,(H,25,26);1H. The van der Waals surface area contributed by atoms with Gasteiger partial charge in [-0.2, -0.15) is 0 Å². The van der Waals surface area contributed by atoms with Crippen LogP contribution in [-0.4, -0.2) is 87.0 Å². The number of nitrogens with one attached hydrogen (secondary N) is 1. The molecular weight excluding hydrogens is 503 g/mol. The van der Waals surface area contributed by atoms with Crippen LogP contribution in [0.5, 0.6) is 0 Å². The van der Waals surface area contributed by atoms with Crippen LogP contribution in [0.4, 0.5) is 0 Å². The molecule has 0 aromatic heterocycles. The number of aliphatic imine (C=N–C) groups is 1. The summed E-state index contributed by atoms with van der Waals surface area (Å²) in [5.41, 5.74) is 0.308. The number of halogens is 1. The summed E-state index contributed by atoms with van der Waals surface area (Å²) in [6, 6.07) is 0. The van der Waals surface area contributed by atoms with Crippen molar-refractivity contribution >= 4 is 29.9 Å². The molecule has 3 fully saturated rings. The van der Waals surface area contributed by atoms with Gasteiger partial charge in [-0.15, -0.1) is 24.0 Å².